The van der Waals surface area contributed by atoms with Crippen LogP contribution < -0.4 is 0 Å². The maximum atomic E-state index is 12.5. The topological polar surface area (TPSA) is 64.1 Å². The average molecular weight is 323 g/mol. The van der Waals surface area contributed by atoms with Gasteiger partial charge in [-0.1, -0.05) is 6.07 Å². The summed E-state index contributed by atoms with van der Waals surface area (Å²) >= 11 is 1.47. The lowest BCUT2D eigenvalue weighted by molar-refractivity contribution is -0.142. The molecule has 1 aromatic rings. The molecular weight excluding hydrogens is 302 g/mol. The van der Waals surface area contributed by atoms with Crippen molar-refractivity contribution < 1.29 is 14.7 Å². The molecule has 1 aromatic heterocycles. The van der Waals surface area contributed by atoms with Gasteiger partial charge < -0.3 is 14.9 Å². The number of amides is 1. The van der Waals surface area contributed by atoms with Crippen molar-refractivity contribution in [2.24, 2.45) is 5.92 Å². The van der Waals surface area contributed by atoms with Gasteiger partial charge in [-0.05, 0) is 18.5 Å². The van der Waals surface area contributed by atoms with Crippen LogP contribution in [0.25, 0.3) is 0 Å². The lowest BCUT2D eigenvalue weighted by Crippen LogP contribution is -2.57. The van der Waals surface area contributed by atoms with Gasteiger partial charge in [0, 0.05) is 45.3 Å². The molecule has 0 spiro atoms. The van der Waals surface area contributed by atoms with Crippen LogP contribution in [0, 0.1) is 5.92 Å². The minimum Gasteiger partial charge on any atom is -0.481 e. The van der Waals surface area contributed by atoms with Crippen LogP contribution in [0.3, 0.4) is 0 Å². The van der Waals surface area contributed by atoms with E-state index < -0.39 is 5.97 Å². The third-order valence-corrected chi connectivity index (χ3v) is 5.34. The predicted octanol–water partition coefficient (Wildman–Crippen LogP) is 0.521. The number of carbonyl (C=O) groups excluding carboxylic acids is 1. The van der Waals surface area contributed by atoms with E-state index in [0.717, 1.165) is 18.0 Å². The fourth-order valence-corrected chi connectivity index (χ4v) is 4.05. The van der Waals surface area contributed by atoms with Crippen molar-refractivity contribution in [1.29, 1.82) is 0 Å². The Morgan fingerprint density at radius 1 is 1.23 bits per heavy atom. The highest BCUT2D eigenvalue weighted by Crippen LogP contribution is 2.20. The first kappa shape index (κ1) is 15.5. The lowest BCUT2D eigenvalue weighted by atomic mass is 10.1. The zero-order chi connectivity index (χ0) is 15.7. The summed E-state index contributed by atoms with van der Waals surface area (Å²) in [6.45, 7) is 4.04. The first-order chi connectivity index (χ1) is 10.5. The molecule has 2 fully saturated rings. The van der Waals surface area contributed by atoms with Gasteiger partial charge in [-0.25, -0.2) is 0 Å². The Bertz CT molecular complexity index is 548. The summed E-state index contributed by atoms with van der Waals surface area (Å²) in [5.74, 6) is -0.990. The molecule has 1 N–H and O–H groups in total. The van der Waals surface area contributed by atoms with Gasteiger partial charge in [0.25, 0.3) is 5.91 Å². The molecule has 120 valence electrons. The molecule has 2 atom stereocenters. The number of nitrogens with zero attached hydrogens (tertiary/aromatic N) is 3. The highest BCUT2D eigenvalue weighted by molar-refractivity contribution is 7.12. The summed E-state index contributed by atoms with van der Waals surface area (Å²) in [6.07, 6.45) is 0. The van der Waals surface area contributed by atoms with Gasteiger partial charge in [0.05, 0.1) is 10.8 Å². The molecule has 2 saturated heterocycles. The van der Waals surface area contributed by atoms with Crippen LogP contribution >= 0.6 is 11.3 Å². The predicted molar refractivity (Wildman–Crippen MR) is 84.2 cm³/mol. The van der Waals surface area contributed by atoms with Gasteiger partial charge in [0.15, 0.2) is 0 Å². The largest absolute Gasteiger partial charge is 0.481 e. The smallest absolute Gasteiger partial charge is 0.309 e. The Morgan fingerprint density at radius 3 is 2.73 bits per heavy atom. The number of carboxylic acids is 1. The summed E-state index contributed by atoms with van der Waals surface area (Å²) in [5, 5.41) is 11.2. The molecule has 2 aliphatic rings. The lowest BCUT2D eigenvalue weighted by Gasteiger charge is -2.41. The number of fused-ring (bicyclic) bond motifs is 1. The highest BCUT2D eigenvalue weighted by Gasteiger charge is 2.36. The van der Waals surface area contributed by atoms with E-state index in [2.05, 4.69) is 9.80 Å². The number of hydrogen-bond acceptors (Lipinski definition) is 5. The van der Waals surface area contributed by atoms with Gasteiger partial charge in [-0.3, -0.25) is 14.5 Å². The number of thiophene rings is 1. The Labute approximate surface area is 133 Å². The number of carbonyl (C=O) groups is 2. The molecule has 3 heterocycles. The molecule has 6 nitrogen and oxygen atoms in total. The number of likely N-dealkylation sites (N-methyl/N-ethyl adjacent to an activating group) is 1. The zero-order valence-electron chi connectivity index (χ0n) is 12.6. The van der Waals surface area contributed by atoms with Crippen molar-refractivity contribution in [3.8, 4) is 0 Å². The fraction of sp³-hybridized carbons (Fsp3) is 0.600. The van der Waals surface area contributed by atoms with Crippen LogP contribution in [-0.4, -0.2) is 84.0 Å². The van der Waals surface area contributed by atoms with Crippen LogP contribution in [0.15, 0.2) is 17.5 Å². The number of aliphatic carboxylic acids is 1. The number of carboxylic acid groups (broad SMARTS) is 1. The minimum absolute atomic E-state index is 0.0938. The molecule has 2 aliphatic heterocycles. The van der Waals surface area contributed by atoms with E-state index in [1.54, 1.807) is 0 Å². The average Bonchev–Trinajstić information content (AvgIpc) is 2.95. The first-order valence-electron chi connectivity index (χ1n) is 7.53. The standard InChI is InChI=1S/C15H21N3O3S/c1-16-7-11(15(20)21)8-17-4-5-18(10-12(17)9-16)14(19)13-3-2-6-22-13/h2-3,6,11-12H,4-5,7-10H2,1H3,(H,20,21). The maximum absolute atomic E-state index is 12.5. The Hall–Kier alpha value is -1.44. The van der Waals surface area contributed by atoms with Crippen LogP contribution in [-0.2, 0) is 4.79 Å². The minimum atomic E-state index is -0.732. The Morgan fingerprint density at radius 2 is 2.05 bits per heavy atom. The zero-order valence-corrected chi connectivity index (χ0v) is 13.5. The second-order valence-electron chi connectivity index (χ2n) is 6.13. The monoisotopic (exact) mass is 323 g/mol. The van der Waals surface area contributed by atoms with Gasteiger partial charge in [0.1, 0.15) is 0 Å². The third kappa shape index (κ3) is 3.16. The van der Waals surface area contributed by atoms with Crippen molar-refractivity contribution in [2.45, 2.75) is 6.04 Å². The molecule has 22 heavy (non-hydrogen) atoms. The molecule has 3 rings (SSSR count). The summed E-state index contributed by atoms with van der Waals surface area (Å²) in [4.78, 5) is 30.8. The molecule has 1 amide bonds. The molecule has 0 aliphatic carbocycles. The van der Waals surface area contributed by atoms with Crippen LogP contribution in [0.2, 0.25) is 0 Å². The second-order valence-corrected chi connectivity index (χ2v) is 7.08. The summed E-state index contributed by atoms with van der Waals surface area (Å²) in [6, 6.07) is 3.97. The van der Waals surface area contributed by atoms with Crippen molar-refractivity contribution in [2.75, 3.05) is 46.3 Å². The van der Waals surface area contributed by atoms with E-state index in [9.17, 15) is 14.7 Å². The van der Waals surface area contributed by atoms with Gasteiger partial charge in [-0.15, -0.1) is 11.3 Å². The highest BCUT2D eigenvalue weighted by atomic mass is 32.1. The summed E-state index contributed by atoms with van der Waals surface area (Å²) in [7, 11) is 1.96. The van der Waals surface area contributed by atoms with Crippen molar-refractivity contribution in [3.63, 3.8) is 0 Å². The van der Waals surface area contributed by atoms with E-state index in [1.807, 2.05) is 29.5 Å². The fourth-order valence-electron chi connectivity index (χ4n) is 3.35. The summed E-state index contributed by atoms with van der Waals surface area (Å²) in [5.41, 5.74) is 0. The SMILES string of the molecule is CN1CC(C(=O)O)CN2CCN(C(=O)c3cccs3)CC2C1. The Kier molecular flexibility index (Phi) is 4.46. The number of hydrogen-bond donors (Lipinski definition) is 1. The molecular formula is C15H21N3O3S. The van der Waals surface area contributed by atoms with E-state index in [1.165, 1.54) is 11.3 Å². The van der Waals surface area contributed by atoms with E-state index in [-0.39, 0.29) is 17.9 Å². The van der Waals surface area contributed by atoms with Gasteiger partial charge in [0.2, 0.25) is 0 Å². The summed E-state index contributed by atoms with van der Waals surface area (Å²) < 4.78 is 0. The molecule has 0 bridgehead atoms. The first-order valence-corrected chi connectivity index (χ1v) is 8.40. The number of piperazine rings is 1. The molecule has 7 heteroatoms. The van der Waals surface area contributed by atoms with E-state index >= 15 is 0 Å². The van der Waals surface area contributed by atoms with Gasteiger partial charge in [-0.2, -0.15) is 0 Å². The van der Waals surface area contributed by atoms with E-state index in [4.69, 9.17) is 0 Å². The van der Waals surface area contributed by atoms with Crippen LogP contribution in [0.5, 0.6) is 0 Å². The normalized spacial score (nSPS) is 27.2. The quantitative estimate of drug-likeness (QED) is 0.860. The van der Waals surface area contributed by atoms with Crippen LogP contribution in [0.1, 0.15) is 9.67 Å². The molecule has 2 unspecified atom stereocenters. The molecule has 0 aromatic carbocycles. The van der Waals surface area contributed by atoms with Gasteiger partial charge >= 0.3 is 5.97 Å². The number of rotatable bonds is 2. The third-order valence-electron chi connectivity index (χ3n) is 4.48. The van der Waals surface area contributed by atoms with Crippen LogP contribution in [0.4, 0.5) is 0 Å². The molecule has 0 radical (unpaired) electrons. The van der Waals surface area contributed by atoms with Crippen molar-refractivity contribution >= 4 is 23.2 Å². The second kappa shape index (κ2) is 6.36. The van der Waals surface area contributed by atoms with Crippen molar-refractivity contribution in [3.05, 3.63) is 22.4 Å². The molecule has 0 saturated carbocycles. The van der Waals surface area contributed by atoms with Crippen molar-refractivity contribution in [1.82, 2.24) is 14.7 Å². The maximum Gasteiger partial charge on any atom is 0.309 e. The Balaban J connectivity index is 1.70. The van der Waals surface area contributed by atoms with E-state index in [0.29, 0.717) is 26.2 Å².